The van der Waals surface area contributed by atoms with E-state index in [1.54, 1.807) is 71.2 Å². The lowest BCUT2D eigenvalue weighted by atomic mass is 9.94. The molecule has 27 heteroatoms. The van der Waals surface area contributed by atoms with Crippen molar-refractivity contribution in [1.29, 1.82) is 0 Å². The second-order valence-electron chi connectivity index (χ2n) is 26.7. The number of nitrogens with zero attached hydrogens (tertiary/aromatic N) is 8. The quantitative estimate of drug-likeness (QED) is 0.0500. The van der Waals surface area contributed by atoms with Gasteiger partial charge in [0.15, 0.2) is 18.1 Å². The summed E-state index contributed by atoms with van der Waals surface area (Å²) in [5.41, 5.74) is 5.58. The van der Waals surface area contributed by atoms with Crippen LogP contribution in [0.4, 0.5) is 10.3 Å². The zero-order valence-corrected chi connectivity index (χ0v) is 62.8. The van der Waals surface area contributed by atoms with Crippen LogP contribution in [0.25, 0.3) is 0 Å². The smallest absolute Gasteiger partial charge is 0.220 e. The molecular formula is C68H109Br2ClN12O8S4. The molecule has 1 atom stereocenters. The number of ether oxygens (including phenoxy) is 3. The predicted molar refractivity (Wildman–Crippen MR) is 397 cm³/mol. The Hall–Kier alpha value is -4.03. The van der Waals surface area contributed by atoms with Gasteiger partial charge in [0.1, 0.15) is 42.9 Å². The third-order valence-corrected chi connectivity index (χ3v) is 19.2. The molecular weight excluding hydrogens is 1440 g/mol. The average Bonchev–Trinajstić information content (AvgIpc) is 1.92. The molecule has 0 unspecified atom stereocenters. The van der Waals surface area contributed by atoms with E-state index in [1.807, 2.05) is 12.4 Å². The molecule has 0 amide bonds. The van der Waals surface area contributed by atoms with E-state index in [0.717, 1.165) is 73.7 Å². The number of piperidine rings is 1. The van der Waals surface area contributed by atoms with Crippen LogP contribution in [0.1, 0.15) is 249 Å². The van der Waals surface area contributed by atoms with Gasteiger partial charge in [-0.05, 0) is 76.9 Å². The van der Waals surface area contributed by atoms with Gasteiger partial charge in [-0.3, -0.25) is 0 Å². The van der Waals surface area contributed by atoms with Gasteiger partial charge in [0.05, 0.1) is 76.6 Å². The third kappa shape index (κ3) is 32.7. The molecule has 95 heavy (non-hydrogen) atoms. The van der Waals surface area contributed by atoms with Crippen molar-refractivity contribution >= 4 is 99.1 Å². The van der Waals surface area contributed by atoms with Crippen molar-refractivity contribution < 1.29 is 37.0 Å². The van der Waals surface area contributed by atoms with Crippen molar-refractivity contribution in [2.45, 2.75) is 274 Å². The predicted octanol–water partition coefficient (Wildman–Crippen LogP) is 19.4. The molecule has 3 aliphatic rings. The molecule has 3 fully saturated rings. The summed E-state index contributed by atoms with van der Waals surface area (Å²) >= 11 is 18.3. The molecule has 8 aromatic heterocycles. The molecule has 0 aromatic carbocycles. The van der Waals surface area contributed by atoms with Gasteiger partial charge in [0.2, 0.25) is 23.6 Å². The largest absolute Gasteiger partial charge is 0.444 e. The molecule has 9 heterocycles. The number of nitrogens with one attached hydrogen (secondary N) is 3. The lowest BCUT2D eigenvalue weighted by molar-refractivity contribution is 0.0895. The molecule has 0 spiro atoms. The first-order valence-electron chi connectivity index (χ1n) is 31.5. The van der Waals surface area contributed by atoms with Gasteiger partial charge in [-0.2, -0.15) is 0 Å². The van der Waals surface area contributed by atoms with Crippen molar-refractivity contribution in [2.24, 2.45) is 5.73 Å². The normalized spacial score (nSPS) is 15.2. The number of oxazole rings is 4. The average molecular weight is 1550 g/mol. The number of nitrogens with two attached hydrogens (primary N) is 1. The van der Waals surface area contributed by atoms with E-state index in [0.29, 0.717) is 87.2 Å². The zero-order chi connectivity index (χ0) is 66.7. The van der Waals surface area contributed by atoms with Gasteiger partial charge >= 0.3 is 0 Å². The van der Waals surface area contributed by atoms with E-state index in [1.165, 1.54) is 88.4 Å². The molecule has 0 radical (unpaired) electrons. The van der Waals surface area contributed by atoms with Crippen molar-refractivity contribution in [1.82, 2.24) is 45.2 Å². The van der Waals surface area contributed by atoms with Gasteiger partial charge in [-0.1, -0.05) is 167 Å². The summed E-state index contributed by atoms with van der Waals surface area (Å²) < 4.78 is 41.1. The number of aliphatic hydroxyl groups is 1. The third-order valence-electron chi connectivity index (χ3n) is 14.2. The Bertz CT molecular complexity index is 3170. The van der Waals surface area contributed by atoms with Crippen LogP contribution < -0.4 is 21.7 Å². The number of aliphatic hydroxyl groups excluding tert-OH is 1. The number of anilines is 2. The highest BCUT2D eigenvalue weighted by Crippen LogP contribution is 2.30. The fourth-order valence-corrected chi connectivity index (χ4v) is 13.2. The topological polar surface area (TPSA) is 266 Å². The van der Waals surface area contributed by atoms with Crippen molar-refractivity contribution in [3.63, 3.8) is 0 Å². The van der Waals surface area contributed by atoms with Gasteiger partial charge in [-0.25, -0.2) is 39.9 Å². The van der Waals surface area contributed by atoms with Crippen LogP contribution in [0.5, 0.6) is 0 Å². The standard InChI is InChI=1S/C18H27N3O2S.C17H26N4O2S.C12H15BrN2O2S.C8H12ClNO.C6H13N.C4H4BrNOS.3CH4/c1-18(2,3)15-10-19-16(23-15)12-22-11-14-9-20-17(24-14)21-13-7-5-4-6-8-13;1-17(2,3)14-9-19-15(23-14)11-22-10-13-8-20-16(24-13)21-12-5-4-6-18-7-12;1-12(2,3)9-5-14-10(17-9)7-16-6-8-4-15-11(13)18-8;1-8(2,3)6-5-10-7(4-9)11-6;7-6-4-2-1-3-5-6;5-4-6-1-3(2-7)8-4;;;/h9-10,13H,4-8,11-12H2,1-3H3,(H,20,21);8-9,12,18H,4-7,10-11H2,1-3H3,(H,20,21);4-5H,6-7H2,1-3H3;5H,4H2,1-3H3;6H,1-5,7H2;1,7H,2H2;3*1H4/t;12-;;;;;;;/m.1......./s1. The van der Waals surface area contributed by atoms with E-state index < -0.39 is 0 Å². The van der Waals surface area contributed by atoms with Crippen LogP contribution >= 0.6 is 88.8 Å². The number of rotatable bonds is 18. The van der Waals surface area contributed by atoms with Gasteiger partial charge in [-0.15, -0.1) is 34.3 Å². The van der Waals surface area contributed by atoms with Crippen molar-refractivity contribution in [3.05, 3.63) is 124 Å². The van der Waals surface area contributed by atoms with E-state index in [4.69, 9.17) is 54.3 Å². The molecule has 2 aliphatic carbocycles. The van der Waals surface area contributed by atoms with Crippen LogP contribution in [-0.4, -0.2) is 76.2 Å². The second-order valence-corrected chi connectivity index (χ2v) is 34.0. The molecule has 534 valence electrons. The number of thiazole rings is 4. The summed E-state index contributed by atoms with van der Waals surface area (Å²) in [4.78, 5) is 37.8. The maximum atomic E-state index is 8.50. The summed E-state index contributed by atoms with van der Waals surface area (Å²) in [5.74, 6) is 6.33. The second kappa shape index (κ2) is 42.8. The van der Waals surface area contributed by atoms with E-state index >= 15 is 0 Å². The Balaban J connectivity index is 0.000000311. The minimum Gasteiger partial charge on any atom is -0.444 e. The number of hydrogen-bond donors (Lipinski definition) is 5. The molecule has 20 nitrogen and oxygen atoms in total. The van der Waals surface area contributed by atoms with Crippen LogP contribution in [-0.2, 0) is 88.0 Å². The fraction of sp³-hybridized carbons (Fsp3) is 0.647. The lowest BCUT2D eigenvalue weighted by Crippen LogP contribution is -2.38. The van der Waals surface area contributed by atoms with Crippen molar-refractivity contribution in [3.8, 4) is 0 Å². The zero-order valence-electron chi connectivity index (χ0n) is 55.6. The molecule has 8 aromatic rings. The van der Waals surface area contributed by atoms with Gasteiger partial charge in [0, 0.05) is 71.1 Å². The lowest BCUT2D eigenvalue weighted by Gasteiger charge is -2.23. The molecule has 2 saturated carbocycles. The van der Waals surface area contributed by atoms with Crippen LogP contribution in [0.3, 0.4) is 0 Å². The Morgan fingerprint density at radius 1 is 0.474 bits per heavy atom. The molecule has 1 saturated heterocycles. The summed E-state index contributed by atoms with van der Waals surface area (Å²) in [6, 6.07) is 1.59. The maximum Gasteiger partial charge on any atom is 0.220 e. The highest BCUT2D eigenvalue weighted by molar-refractivity contribution is 9.11. The number of aromatic nitrogens is 8. The first-order chi connectivity index (χ1) is 43.7. The summed E-state index contributed by atoms with van der Waals surface area (Å²) in [5, 5.41) is 20.9. The molecule has 6 N–H and O–H groups in total. The summed E-state index contributed by atoms with van der Waals surface area (Å²) in [7, 11) is 0. The molecule has 0 bridgehead atoms. The summed E-state index contributed by atoms with van der Waals surface area (Å²) in [6.45, 7) is 30.1. The number of hydrogen-bond acceptors (Lipinski definition) is 24. The van der Waals surface area contributed by atoms with E-state index in [-0.39, 0.29) is 50.5 Å². The Labute approximate surface area is 604 Å². The van der Waals surface area contributed by atoms with Gasteiger partial charge < -0.3 is 58.7 Å². The van der Waals surface area contributed by atoms with Gasteiger partial charge in [0.25, 0.3) is 0 Å². The molecule has 1 aliphatic heterocycles. The Morgan fingerprint density at radius 3 is 1.13 bits per heavy atom. The Morgan fingerprint density at radius 2 is 0.821 bits per heavy atom. The summed E-state index contributed by atoms with van der Waals surface area (Å²) in [6.07, 6.45) is 29.9. The highest BCUT2D eigenvalue weighted by Gasteiger charge is 2.23. The first kappa shape index (κ1) is 85.2. The number of alkyl halides is 1. The Kier molecular flexibility index (Phi) is 38.4. The SMILES string of the molecule is C.C.C.CC(C)(C)c1cnc(CCl)o1.CC(C)(C)c1cnc(COCc2cnc(Br)s2)o1.CC(C)(C)c1cnc(COCc2cnc(NC3CCCCC3)s2)o1.CC(C)(C)c1cnc(COCc2cnc(N[C@@H]3CCCNC3)s2)o1.NC1CCCCC1.OCc1cnc(Br)s1. The van der Waals surface area contributed by atoms with Crippen LogP contribution in [0, 0.1) is 0 Å². The maximum absolute atomic E-state index is 8.50. The number of halogens is 3. The minimum absolute atomic E-state index is 0. The van der Waals surface area contributed by atoms with Crippen molar-refractivity contribution in [2.75, 3.05) is 23.7 Å². The highest BCUT2D eigenvalue weighted by atomic mass is 79.9. The minimum atomic E-state index is -0.0303. The molecule has 11 rings (SSSR count). The van der Waals surface area contributed by atoms with E-state index in [9.17, 15) is 0 Å². The first-order valence-corrected chi connectivity index (χ1v) is 36.9. The van der Waals surface area contributed by atoms with E-state index in [2.05, 4.69) is 171 Å². The van der Waals surface area contributed by atoms with Crippen LogP contribution in [0.15, 0.2) is 75.1 Å². The monoisotopic (exact) mass is 1540 g/mol. The fourth-order valence-electron chi connectivity index (χ4n) is 8.90. The van der Waals surface area contributed by atoms with Crippen LogP contribution in [0.2, 0.25) is 0 Å².